The van der Waals surface area contributed by atoms with Gasteiger partial charge in [0.2, 0.25) is 0 Å². The highest BCUT2D eigenvalue weighted by molar-refractivity contribution is 5.91. The minimum Gasteiger partial charge on any atom is -0.466 e. The van der Waals surface area contributed by atoms with E-state index in [0.29, 0.717) is 19.0 Å². The number of esters is 1. The molecule has 27 heavy (non-hydrogen) atoms. The van der Waals surface area contributed by atoms with E-state index < -0.39 is 5.41 Å². The van der Waals surface area contributed by atoms with E-state index in [1.807, 2.05) is 50.2 Å². The molecule has 6 nitrogen and oxygen atoms in total. The first-order valence-corrected chi connectivity index (χ1v) is 9.20. The van der Waals surface area contributed by atoms with Crippen molar-refractivity contribution < 1.29 is 9.53 Å². The van der Waals surface area contributed by atoms with Crippen molar-refractivity contribution in [3.63, 3.8) is 0 Å². The molecule has 1 saturated heterocycles. The molecule has 0 amide bonds. The molecular formula is C21H22N4O2. The Labute approximate surface area is 158 Å². The predicted molar refractivity (Wildman–Crippen MR) is 104 cm³/mol. The van der Waals surface area contributed by atoms with Crippen molar-refractivity contribution in [3.05, 3.63) is 48.8 Å². The highest BCUT2D eigenvalue weighted by Gasteiger charge is 2.42. The van der Waals surface area contributed by atoms with Gasteiger partial charge in [0, 0.05) is 36.4 Å². The molecule has 1 aliphatic heterocycles. The number of nitrogens with zero attached hydrogens (tertiary/aromatic N) is 4. The molecule has 1 atom stereocenters. The molecule has 0 spiro atoms. The molecule has 0 bridgehead atoms. The minimum atomic E-state index is -0.517. The second-order valence-electron chi connectivity index (χ2n) is 7.08. The molecule has 1 unspecified atom stereocenters. The van der Waals surface area contributed by atoms with Crippen LogP contribution >= 0.6 is 0 Å². The van der Waals surface area contributed by atoms with Crippen molar-refractivity contribution in [2.45, 2.75) is 20.3 Å². The molecule has 3 heterocycles. The lowest BCUT2D eigenvalue weighted by molar-refractivity contribution is -0.153. The Morgan fingerprint density at radius 3 is 2.85 bits per heavy atom. The largest absolute Gasteiger partial charge is 0.466 e. The number of anilines is 1. The van der Waals surface area contributed by atoms with Gasteiger partial charge in [-0.25, -0.2) is 9.97 Å². The summed E-state index contributed by atoms with van der Waals surface area (Å²) in [5, 5.41) is 0.984. The van der Waals surface area contributed by atoms with Crippen molar-refractivity contribution >= 4 is 22.7 Å². The Morgan fingerprint density at radius 2 is 2.07 bits per heavy atom. The first-order valence-electron chi connectivity index (χ1n) is 9.20. The molecule has 1 aromatic carbocycles. The molecule has 4 rings (SSSR count). The van der Waals surface area contributed by atoms with Gasteiger partial charge in [0.1, 0.15) is 5.82 Å². The van der Waals surface area contributed by atoms with E-state index in [4.69, 9.17) is 14.7 Å². The maximum Gasteiger partial charge on any atom is 0.313 e. The molecule has 0 saturated carbocycles. The van der Waals surface area contributed by atoms with Crippen LogP contribution in [0.25, 0.3) is 22.3 Å². The number of benzene rings is 1. The van der Waals surface area contributed by atoms with E-state index >= 15 is 0 Å². The van der Waals surface area contributed by atoms with Crippen LogP contribution in [0.2, 0.25) is 0 Å². The van der Waals surface area contributed by atoms with Crippen LogP contribution in [0.1, 0.15) is 20.3 Å². The summed E-state index contributed by atoms with van der Waals surface area (Å²) in [5.41, 5.74) is 1.24. The van der Waals surface area contributed by atoms with Gasteiger partial charge >= 0.3 is 5.97 Å². The molecule has 0 N–H and O–H groups in total. The zero-order valence-electron chi connectivity index (χ0n) is 15.6. The van der Waals surface area contributed by atoms with Crippen molar-refractivity contribution in [1.29, 1.82) is 0 Å². The first-order chi connectivity index (χ1) is 13.1. The highest BCUT2D eigenvalue weighted by atomic mass is 16.5. The zero-order chi connectivity index (χ0) is 18.9. The van der Waals surface area contributed by atoms with E-state index in [1.165, 1.54) is 0 Å². The lowest BCUT2D eigenvalue weighted by Crippen LogP contribution is -2.34. The molecular weight excluding hydrogens is 340 g/mol. The molecule has 0 radical (unpaired) electrons. The predicted octanol–water partition coefficient (Wildman–Crippen LogP) is 3.47. The number of hydrogen-bond donors (Lipinski definition) is 0. The monoisotopic (exact) mass is 362 g/mol. The van der Waals surface area contributed by atoms with Gasteiger partial charge in [0.05, 0.1) is 17.5 Å². The lowest BCUT2D eigenvalue weighted by Gasteiger charge is -2.24. The molecule has 6 heteroatoms. The number of fused-ring (bicyclic) bond motifs is 1. The maximum absolute atomic E-state index is 12.4. The summed E-state index contributed by atoms with van der Waals surface area (Å²) >= 11 is 0. The van der Waals surface area contributed by atoms with Gasteiger partial charge in [-0.15, -0.1) is 0 Å². The number of carbonyl (C=O) groups excluding carboxylic acids is 1. The fourth-order valence-electron chi connectivity index (χ4n) is 3.54. The normalized spacial score (nSPS) is 19.4. The second-order valence-corrected chi connectivity index (χ2v) is 7.08. The van der Waals surface area contributed by atoms with Gasteiger partial charge in [-0.2, -0.15) is 0 Å². The van der Waals surface area contributed by atoms with E-state index in [9.17, 15) is 4.79 Å². The van der Waals surface area contributed by atoms with Crippen LogP contribution in [0.3, 0.4) is 0 Å². The molecule has 0 aliphatic carbocycles. The number of rotatable bonds is 4. The third kappa shape index (κ3) is 3.23. The maximum atomic E-state index is 12.4. The summed E-state index contributed by atoms with van der Waals surface area (Å²) in [7, 11) is 0. The number of para-hydroxylation sites is 1. The van der Waals surface area contributed by atoms with Crippen LogP contribution in [0, 0.1) is 5.41 Å². The molecule has 2 aromatic heterocycles. The number of ether oxygens (including phenoxy) is 1. The van der Waals surface area contributed by atoms with Crippen molar-refractivity contribution in [2.24, 2.45) is 5.41 Å². The van der Waals surface area contributed by atoms with Gasteiger partial charge < -0.3 is 9.64 Å². The Bertz CT molecular complexity index is 976. The number of carbonyl (C=O) groups is 1. The molecule has 1 fully saturated rings. The van der Waals surface area contributed by atoms with Crippen molar-refractivity contribution in [2.75, 3.05) is 24.6 Å². The SMILES string of the molecule is CCOC(=O)C1(C)CCN(c2nc(-c3cccnc3)nc3ccccc23)C1. The molecule has 1 aliphatic rings. The number of hydrogen-bond acceptors (Lipinski definition) is 6. The third-order valence-corrected chi connectivity index (χ3v) is 5.04. The Morgan fingerprint density at radius 1 is 1.22 bits per heavy atom. The van der Waals surface area contributed by atoms with Gasteiger partial charge in [-0.1, -0.05) is 12.1 Å². The highest BCUT2D eigenvalue weighted by Crippen LogP contribution is 2.36. The topological polar surface area (TPSA) is 68.2 Å². The average Bonchev–Trinajstić information content (AvgIpc) is 3.11. The summed E-state index contributed by atoms with van der Waals surface area (Å²) in [4.78, 5) is 28.3. The van der Waals surface area contributed by atoms with Gasteiger partial charge in [-0.05, 0) is 44.5 Å². The number of aromatic nitrogens is 3. The summed E-state index contributed by atoms with van der Waals surface area (Å²) in [6, 6.07) is 11.8. The summed E-state index contributed by atoms with van der Waals surface area (Å²) in [6.07, 6.45) is 4.24. The van der Waals surface area contributed by atoms with Crippen LogP contribution < -0.4 is 4.90 Å². The van der Waals surface area contributed by atoms with Crippen LogP contribution in [0.4, 0.5) is 5.82 Å². The van der Waals surface area contributed by atoms with Gasteiger partial charge in [0.15, 0.2) is 5.82 Å². The fourth-order valence-corrected chi connectivity index (χ4v) is 3.54. The zero-order valence-corrected chi connectivity index (χ0v) is 15.6. The van der Waals surface area contributed by atoms with Crippen LogP contribution in [-0.4, -0.2) is 40.6 Å². The van der Waals surface area contributed by atoms with Crippen LogP contribution in [0.15, 0.2) is 48.8 Å². The molecule has 3 aromatic rings. The van der Waals surface area contributed by atoms with Gasteiger partial charge in [-0.3, -0.25) is 9.78 Å². The minimum absolute atomic E-state index is 0.140. The second kappa shape index (κ2) is 6.95. The number of pyridine rings is 1. The lowest BCUT2D eigenvalue weighted by atomic mass is 9.90. The first kappa shape index (κ1) is 17.4. The Kier molecular flexibility index (Phi) is 4.48. The van der Waals surface area contributed by atoms with E-state index in [-0.39, 0.29) is 5.97 Å². The summed E-state index contributed by atoms with van der Waals surface area (Å²) in [6.45, 7) is 5.54. The summed E-state index contributed by atoms with van der Waals surface area (Å²) < 4.78 is 5.29. The Hall–Kier alpha value is -3.02. The van der Waals surface area contributed by atoms with E-state index in [1.54, 1.807) is 12.4 Å². The van der Waals surface area contributed by atoms with Crippen LogP contribution in [0.5, 0.6) is 0 Å². The van der Waals surface area contributed by atoms with Crippen molar-refractivity contribution in [1.82, 2.24) is 15.0 Å². The Balaban J connectivity index is 1.76. The van der Waals surface area contributed by atoms with E-state index in [2.05, 4.69) is 9.88 Å². The standard InChI is InChI=1S/C21H22N4O2/c1-3-27-20(26)21(2)10-12-25(14-21)19-16-8-4-5-9-17(16)23-18(24-19)15-7-6-11-22-13-15/h4-9,11,13H,3,10,12,14H2,1-2H3. The quantitative estimate of drug-likeness (QED) is 0.662. The molecule has 138 valence electrons. The average molecular weight is 362 g/mol. The van der Waals surface area contributed by atoms with Crippen LogP contribution in [-0.2, 0) is 9.53 Å². The smallest absolute Gasteiger partial charge is 0.313 e. The van der Waals surface area contributed by atoms with Crippen molar-refractivity contribution in [3.8, 4) is 11.4 Å². The fraction of sp³-hybridized carbons (Fsp3) is 0.333. The van der Waals surface area contributed by atoms with Gasteiger partial charge in [0.25, 0.3) is 0 Å². The van der Waals surface area contributed by atoms with E-state index in [0.717, 1.165) is 35.2 Å². The third-order valence-electron chi connectivity index (χ3n) is 5.04. The summed E-state index contributed by atoms with van der Waals surface area (Å²) in [5.74, 6) is 1.35.